The van der Waals surface area contributed by atoms with E-state index in [4.69, 9.17) is 4.42 Å². The molecule has 90 valence electrons. The SMILES string of the molecule is Cc1ccc2nsnc2c1NC(=O)c1ccco1. The van der Waals surface area contributed by atoms with E-state index >= 15 is 0 Å². The number of carbonyl (C=O) groups excluding carboxylic acids is 1. The summed E-state index contributed by atoms with van der Waals surface area (Å²) in [6, 6.07) is 7.08. The second-order valence-corrected chi connectivity index (χ2v) is 4.35. The largest absolute Gasteiger partial charge is 0.459 e. The minimum absolute atomic E-state index is 0.273. The molecule has 0 fully saturated rings. The van der Waals surface area contributed by atoms with Gasteiger partial charge >= 0.3 is 0 Å². The molecule has 6 heteroatoms. The van der Waals surface area contributed by atoms with Crippen LogP contribution in [0.15, 0.2) is 34.9 Å². The van der Waals surface area contributed by atoms with Gasteiger partial charge < -0.3 is 9.73 Å². The van der Waals surface area contributed by atoms with Crippen molar-refractivity contribution in [2.45, 2.75) is 6.92 Å². The first kappa shape index (κ1) is 10.9. The van der Waals surface area contributed by atoms with Gasteiger partial charge in [-0.3, -0.25) is 4.79 Å². The molecule has 3 rings (SSSR count). The molecule has 0 bridgehead atoms. The Labute approximate surface area is 107 Å². The first-order valence-corrected chi connectivity index (χ1v) is 6.05. The monoisotopic (exact) mass is 259 g/mol. The van der Waals surface area contributed by atoms with Crippen molar-refractivity contribution in [2.75, 3.05) is 5.32 Å². The van der Waals surface area contributed by atoms with Crippen LogP contribution in [-0.4, -0.2) is 14.7 Å². The Hall–Kier alpha value is -2.21. The lowest BCUT2D eigenvalue weighted by Gasteiger charge is -2.07. The number of aromatic nitrogens is 2. The van der Waals surface area contributed by atoms with Crippen LogP contribution in [0.5, 0.6) is 0 Å². The Kier molecular flexibility index (Phi) is 2.56. The summed E-state index contributed by atoms with van der Waals surface area (Å²) in [4.78, 5) is 11.9. The molecule has 5 nitrogen and oxygen atoms in total. The molecule has 1 amide bonds. The van der Waals surface area contributed by atoms with E-state index in [1.54, 1.807) is 12.1 Å². The number of aryl methyl sites for hydroxylation is 1. The summed E-state index contributed by atoms with van der Waals surface area (Å²) in [6.07, 6.45) is 1.47. The third kappa shape index (κ3) is 1.76. The molecule has 0 aliphatic carbocycles. The summed E-state index contributed by atoms with van der Waals surface area (Å²) < 4.78 is 13.4. The lowest BCUT2D eigenvalue weighted by atomic mass is 10.1. The number of fused-ring (bicyclic) bond motifs is 1. The molecule has 3 aromatic rings. The van der Waals surface area contributed by atoms with E-state index in [-0.39, 0.29) is 11.7 Å². The molecule has 0 saturated heterocycles. The van der Waals surface area contributed by atoms with Gasteiger partial charge in [0.1, 0.15) is 11.0 Å². The summed E-state index contributed by atoms with van der Waals surface area (Å²) >= 11 is 1.13. The fourth-order valence-electron chi connectivity index (χ4n) is 1.69. The number of hydrogen-bond donors (Lipinski definition) is 1. The van der Waals surface area contributed by atoms with Gasteiger partial charge in [-0.2, -0.15) is 8.75 Å². The van der Waals surface area contributed by atoms with Crippen LogP contribution >= 0.6 is 11.7 Å². The van der Waals surface area contributed by atoms with Crippen molar-refractivity contribution >= 4 is 34.4 Å². The maximum absolute atomic E-state index is 11.9. The lowest BCUT2D eigenvalue weighted by Crippen LogP contribution is -2.12. The Morgan fingerprint density at radius 3 is 3.00 bits per heavy atom. The number of benzene rings is 1. The van der Waals surface area contributed by atoms with E-state index in [0.29, 0.717) is 11.2 Å². The van der Waals surface area contributed by atoms with E-state index in [1.165, 1.54) is 6.26 Å². The van der Waals surface area contributed by atoms with Crippen molar-refractivity contribution < 1.29 is 9.21 Å². The maximum Gasteiger partial charge on any atom is 0.291 e. The fourth-order valence-corrected chi connectivity index (χ4v) is 2.24. The number of rotatable bonds is 2. The van der Waals surface area contributed by atoms with E-state index < -0.39 is 0 Å². The molecule has 1 N–H and O–H groups in total. The zero-order valence-electron chi connectivity index (χ0n) is 9.51. The standard InChI is InChI=1S/C12H9N3O2S/c1-7-4-5-8-11(15-18-14-8)10(7)13-12(16)9-3-2-6-17-9/h2-6H,1H3,(H,13,16). The minimum atomic E-state index is -0.288. The number of amides is 1. The molecule has 0 aliphatic heterocycles. The van der Waals surface area contributed by atoms with Gasteiger partial charge in [0.05, 0.1) is 23.7 Å². The summed E-state index contributed by atoms with van der Waals surface area (Å²) in [5, 5.41) is 2.81. The minimum Gasteiger partial charge on any atom is -0.459 e. The quantitative estimate of drug-likeness (QED) is 0.768. The average Bonchev–Trinajstić information content (AvgIpc) is 3.02. The van der Waals surface area contributed by atoms with Gasteiger partial charge in [-0.1, -0.05) is 6.07 Å². The van der Waals surface area contributed by atoms with Gasteiger partial charge in [-0.25, -0.2) is 0 Å². The molecule has 0 unspecified atom stereocenters. The van der Waals surface area contributed by atoms with Crippen LogP contribution in [0.1, 0.15) is 16.1 Å². The number of anilines is 1. The summed E-state index contributed by atoms with van der Waals surface area (Å²) in [6.45, 7) is 1.91. The Bertz CT molecular complexity index is 703. The number of carbonyl (C=O) groups is 1. The topological polar surface area (TPSA) is 68.0 Å². The van der Waals surface area contributed by atoms with Gasteiger partial charge in [0.15, 0.2) is 5.76 Å². The molecule has 0 radical (unpaired) electrons. The van der Waals surface area contributed by atoms with Crippen LogP contribution in [0.4, 0.5) is 5.69 Å². The molecule has 0 atom stereocenters. The van der Waals surface area contributed by atoms with Gasteiger partial charge in [0, 0.05) is 0 Å². The number of hydrogen-bond acceptors (Lipinski definition) is 5. The predicted octanol–water partition coefficient (Wildman–Crippen LogP) is 2.85. The molecule has 0 spiro atoms. The number of furan rings is 1. The van der Waals surface area contributed by atoms with Gasteiger partial charge in [0.2, 0.25) is 0 Å². The van der Waals surface area contributed by atoms with Crippen LogP contribution in [0.3, 0.4) is 0 Å². The van der Waals surface area contributed by atoms with Gasteiger partial charge in [-0.05, 0) is 30.7 Å². The Morgan fingerprint density at radius 1 is 1.33 bits per heavy atom. The van der Waals surface area contributed by atoms with Crippen LogP contribution in [-0.2, 0) is 0 Å². The molecule has 2 aromatic heterocycles. The zero-order valence-corrected chi connectivity index (χ0v) is 10.3. The Morgan fingerprint density at radius 2 is 2.22 bits per heavy atom. The number of nitrogens with zero attached hydrogens (tertiary/aromatic N) is 2. The van der Waals surface area contributed by atoms with Crippen molar-refractivity contribution in [3.63, 3.8) is 0 Å². The molecule has 18 heavy (non-hydrogen) atoms. The highest BCUT2D eigenvalue weighted by molar-refractivity contribution is 7.00. The third-order valence-electron chi connectivity index (χ3n) is 2.62. The van der Waals surface area contributed by atoms with Crippen molar-refractivity contribution in [1.82, 2.24) is 8.75 Å². The van der Waals surface area contributed by atoms with Gasteiger partial charge in [0.25, 0.3) is 5.91 Å². The molecule has 0 aliphatic rings. The smallest absolute Gasteiger partial charge is 0.291 e. The summed E-state index contributed by atoms with van der Waals surface area (Å²) in [7, 11) is 0. The van der Waals surface area contributed by atoms with E-state index in [9.17, 15) is 4.79 Å². The molecular formula is C12H9N3O2S. The highest BCUT2D eigenvalue weighted by Crippen LogP contribution is 2.26. The van der Waals surface area contributed by atoms with Gasteiger partial charge in [-0.15, -0.1) is 0 Å². The first-order valence-electron chi connectivity index (χ1n) is 5.32. The first-order chi connectivity index (χ1) is 8.75. The summed E-state index contributed by atoms with van der Waals surface area (Å²) in [5.41, 5.74) is 3.11. The van der Waals surface area contributed by atoms with Crippen molar-refractivity contribution in [1.29, 1.82) is 0 Å². The van der Waals surface area contributed by atoms with E-state index in [2.05, 4.69) is 14.1 Å². The predicted molar refractivity (Wildman–Crippen MR) is 68.8 cm³/mol. The molecule has 0 saturated carbocycles. The van der Waals surface area contributed by atoms with E-state index in [0.717, 1.165) is 22.8 Å². The molecule has 2 heterocycles. The molecule has 1 aromatic carbocycles. The van der Waals surface area contributed by atoms with Crippen LogP contribution < -0.4 is 5.32 Å². The third-order valence-corrected chi connectivity index (χ3v) is 3.16. The van der Waals surface area contributed by atoms with Crippen LogP contribution in [0, 0.1) is 6.92 Å². The highest BCUT2D eigenvalue weighted by Gasteiger charge is 2.14. The van der Waals surface area contributed by atoms with Crippen LogP contribution in [0.25, 0.3) is 11.0 Å². The highest BCUT2D eigenvalue weighted by atomic mass is 32.1. The summed E-state index contributed by atoms with van der Waals surface area (Å²) in [5.74, 6) is -0.0156. The van der Waals surface area contributed by atoms with Crippen molar-refractivity contribution in [3.8, 4) is 0 Å². The van der Waals surface area contributed by atoms with Crippen molar-refractivity contribution in [3.05, 3.63) is 41.9 Å². The zero-order chi connectivity index (χ0) is 12.5. The fraction of sp³-hybridized carbons (Fsp3) is 0.0833. The molecular weight excluding hydrogens is 250 g/mol. The van der Waals surface area contributed by atoms with Crippen LogP contribution in [0.2, 0.25) is 0 Å². The average molecular weight is 259 g/mol. The Balaban J connectivity index is 2.02. The second-order valence-electron chi connectivity index (χ2n) is 3.82. The van der Waals surface area contributed by atoms with Crippen molar-refractivity contribution in [2.24, 2.45) is 0 Å². The second kappa shape index (κ2) is 4.23. The number of nitrogens with one attached hydrogen (secondary N) is 1. The normalized spacial score (nSPS) is 10.7. The maximum atomic E-state index is 11.9. The van der Waals surface area contributed by atoms with E-state index in [1.807, 2.05) is 19.1 Å². The lowest BCUT2D eigenvalue weighted by molar-refractivity contribution is 0.0996.